The van der Waals surface area contributed by atoms with Crippen molar-refractivity contribution in [2.75, 3.05) is 10.2 Å². The van der Waals surface area contributed by atoms with Crippen LogP contribution in [-0.4, -0.2) is 17.9 Å². The third-order valence-electron chi connectivity index (χ3n) is 5.02. The predicted octanol–water partition coefficient (Wildman–Crippen LogP) is 5.45. The standard InChI is InChI=1S/C25H20ClFN2O3/c1-16-25(31)29(15-18-4-2-3-5-21(18)27)22-14-20(11-12-23(22)32-16)28-24(30)13-8-17-6-9-19(26)10-7-17/h2-14,16H,15H2,1H3,(H,28,30)/b13-8+. The SMILES string of the molecule is CC1Oc2ccc(NC(=O)/C=C/c3ccc(Cl)cc3)cc2N(Cc2ccccc2F)C1=O. The van der Waals surface area contributed by atoms with Crippen LogP contribution in [-0.2, 0) is 16.1 Å². The zero-order valence-corrected chi connectivity index (χ0v) is 18.0. The normalized spacial score (nSPS) is 15.4. The van der Waals surface area contributed by atoms with Gasteiger partial charge in [-0.15, -0.1) is 0 Å². The fourth-order valence-corrected chi connectivity index (χ4v) is 3.50. The summed E-state index contributed by atoms with van der Waals surface area (Å²) in [6.07, 6.45) is 2.38. The van der Waals surface area contributed by atoms with Gasteiger partial charge in [0.1, 0.15) is 11.6 Å². The van der Waals surface area contributed by atoms with Gasteiger partial charge in [-0.3, -0.25) is 9.59 Å². The van der Waals surface area contributed by atoms with Gasteiger partial charge >= 0.3 is 0 Å². The molecule has 1 unspecified atom stereocenters. The molecular weight excluding hydrogens is 431 g/mol. The van der Waals surface area contributed by atoms with Crippen LogP contribution in [0.15, 0.2) is 72.8 Å². The average molecular weight is 451 g/mol. The molecule has 1 heterocycles. The zero-order valence-electron chi connectivity index (χ0n) is 17.2. The van der Waals surface area contributed by atoms with E-state index in [0.29, 0.717) is 27.7 Å². The van der Waals surface area contributed by atoms with Crippen LogP contribution in [0.3, 0.4) is 0 Å². The molecule has 1 atom stereocenters. The van der Waals surface area contributed by atoms with E-state index in [2.05, 4.69) is 5.32 Å². The second-order valence-corrected chi connectivity index (χ2v) is 7.77. The highest BCUT2D eigenvalue weighted by Crippen LogP contribution is 2.37. The average Bonchev–Trinajstić information content (AvgIpc) is 2.78. The molecule has 3 aromatic rings. The van der Waals surface area contributed by atoms with Crippen molar-refractivity contribution in [2.45, 2.75) is 19.6 Å². The Hall–Kier alpha value is -3.64. The summed E-state index contributed by atoms with van der Waals surface area (Å²) in [5, 5.41) is 3.39. The van der Waals surface area contributed by atoms with E-state index in [9.17, 15) is 14.0 Å². The van der Waals surface area contributed by atoms with Crippen LogP contribution in [0.4, 0.5) is 15.8 Å². The Bertz CT molecular complexity index is 1190. The first kappa shape index (κ1) is 21.6. The number of carbonyl (C=O) groups is 2. The van der Waals surface area contributed by atoms with E-state index in [1.165, 1.54) is 17.0 Å². The summed E-state index contributed by atoms with van der Waals surface area (Å²) in [6, 6.07) is 18.4. The molecule has 0 saturated heterocycles. The molecule has 0 aliphatic carbocycles. The summed E-state index contributed by atoms with van der Waals surface area (Å²) in [6.45, 7) is 1.71. The van der Waals surface area contributed by atoms with Crippen molar-refractivity contribution in [3.63, 3.8) is 0 Å². The molecule has 5 nitrogen and oxygen atoms in total. The third-order valence-corrected chi connectivity index (χ3v) is 5.27. The molecule has 162 valence electrons. The van der Waals surface area contributed by atoms with Gasteiger partial charge in [0, 0.05) is 22.3 Å². The molecular formula is C25H20ClFN2O3. The molecule has 0 spiro atoms. The third kappa shape index (κ3) is 4.81. The smallest absolute Gasteiger partial charge is 0.268 e. The van der Waals surface area contributed by atoms with Crippen molar-refractivity contribution in [1.82, 2.24) is 0 Å². The Morgan fingerprint density at radius 3 is 2.66 bits per heavy atom. The Labute approximate surface area is 190 Å². The number of carbonyl (C=O) groups excluding carboxylic acids is 2. The van der Waals surface area contributed by atoms with Crippen LogP contribution >= 0.6 is 11.6 Å². The molecule has 0 saturated carbocycles. The number of amides is 2. The summed E-state index contributed by atoms with van der Waals surface area (Å²) in [7, 11) is 0. The molecule has 1 aliphatic heterocycles. The number of nitrogens with one attached hydrogen (secondary N) is 1. The van der Waals surface area contributed by atoms with Crippen molar-refractivity contribution in [2.24, 2.45) is 0 Å². The lowest BCUT2D eigenvalue weighted by Crippen LogP contribution is -2.44. The van der Waals surface area contributed by atoms with Crippen molar-refractivity contribution >= 4 is 40.9 Å². The summed E-state index contributed by atoms with van der Waals surface area (Å²) in [4.78, 5) is 26.6. The van der Waals surface area contributed by atoms with E-state index >= 15 is 0 Å². The second kappa shape index (κ2) is 9.24. The van der Waals surface area contributed by atoms with Gasteiger partial charge in [0.2, 0.25) is 5.91 Å². The van der Waals surface area contributed by atoms with Crippen LogP contribution in [0.2, 0.25) is 5.02 Å². The fourth-order valence-electron chi connectivity index (χ4n) is 3.37. The molecule has 0 bridgehead atoms. The minimum Gasteiger partial charge on any atom is -0.479 e. The molecule has 3 aromatic carbocycles. The van der Waals surface area contributed by atoms with Crippen molar-refractivity contribution in [1.29, 1.82) is 0 Å². The molecule has 1 aliphatic rings. The fraction of sp³-hybridized carbons (Fsp3) is 0.120. The van der Waals surface area contributed by atoms with E-state index in [4.69, 9.17) is 16.3 Å². The molecule has 1 N–H and O–H groups in total. The molecule has 32 heavy (non-hydrogen) atoms. The van der Waals surface area contributed by atoms with Crippen LogP contribution in [0.5, 0.6) is 5.75 Å². The molecule has 0 radical (unpaired) electrons. The number of anilines is 2. The number of rotatable bonds is 5. The number of ether oxygens (including phenoxy) is 1. The first-order chi connectivity index (χ1) is 15.4. The number of hydrogen-bond acceptors (Lipinski definition) is 3. The topological polar surface area (TPSA) is 58.6 Å². The minimum absolute atomic E-state index is 0.0556. The van der Waals surface area contributed by atoms with Gasteiger partial charge in [0.25, 0.3) is 5.91 Å². The highest BCUT2D eigenvalue weighted by Gasteiger charge is 2.32. The zero-order chi connectivity index (χ0) is 22.7. The largest absolute Gasteiger partial charge is 0.479 e. The van der Waals surface area contributed by atoms with Gasteiger partial charge in [-0.05, 0) is 55.0 Å². The number of fused-ring (bicyclic) bond motifs is 1. The van der Waals surface area contributed by atoms with Gasteiger partial charge in [-0.1, -0.05) is 41.9 Å². The highest BCUT2D eigenvalue weighted by molar-refractivity contribution is 6.30. The lowest BCUT2D eigenvalue weighted by atomic mass is 10.1. The molecule has 4 rings (SSSR count). The quantitative estimate of drug-likeness (QED) is 0.526. The van der Waals surface area contributed by atoms with Crippen LogP contribution in [0.25, 0.3) is 6.08 Å². The number of nitrogens with zero attached hydrogens (tertiary/aromatic N) is 1. The molecule has 0 fully saturated rings. The monoisotopic (exact) mass is 450 g/mol. The molecule has 7 heteroatoms. The summed E-state index contributed by atoms with van der Waals surface area (Å²) in [5.74, 6) is -0.523. The lowest BCUT2D eigenvalue weighted by molar-refractivity contribution is -0.125. The van der Waals surface area contributed by atoms with Crippen molar-refractivity contribution < 1.29 is 18.7 Å². The summed E-state index contributed by atoms with van der Waals surface area (Å²) < 4.78 is 19.9. The second-order valence-electron chi connectivity index (χ2n) is 7.33. The summed E-state index contributed by atoms with van der Waals surface area (Å²) >= 11 is 5.87. The summed E-state index contributed by atoms with van der Waals surface area (Å²) in [5.41, 5.74) is 2.18. The van der Waals surface area contributed by atoms with Gasteiger partial charge in [-0.2, -0.15) is 0 Å². The maximum absolute atomic E-state index is 14.2. The van der Waals surface area contributed by atoms with E-state index in [1.807, 2.05) is 0 Å². The van der Waals surface area contributed by atoms with Crippen LogP contribution < -0.4 is 15.0 Å². The Morgan fingerprint density at radius 1 is 1.16 bits per heavy atom. The van der Waals surface area contributed by atoms with Gasteiger partial charge in [-0.25, -0.2) is 4.39 Å². The van der Waals surface area contributed by atoms with E-state index in [0.717, 1.165) is 5.56 Å². The van der Waals surface area contributed by atoms with Crippen LogP contribution in [0, 0.1) is 5.82 Å². The Morgan fingerprint density at radius 2 is 1.91 bits per heavy atom. The number of halogens is 2. The van der Waals surface area contributed by atoms with Gasteiger partial charge in [0.05, 0.1) is 12.2 Å². The van der Waals surface area contributed by atoms with E-state index in [-0.39, 0.29) is 18.4 Å². The first-order valence-corrected chi connectivity index (χ1v) is 10.4. The lowest BCUT2D eigenvalue weighted by Gasteiger charge is -2.33. The number of benzene rings is 3. The van der Waals surface area contributed by atoms with Gasteiger partial charge in [0.15, 0.2) is 6.10 Å². The van der Waals surface area contributed by atoms with Crippen LogP contribution in [0.1, 0.15) is 18.1 Å². The van der Waals surface area contributed by atoms with Crippen molar-refractivity contribution in [3.05, 3.63) is 94.8 Å². The van der Waals surface area contributed by atoms with Crippen molar-refractivity contribution in [3.8, 4) is 5.75 Å². The molecule has 0 aromatic heterocycles. The number of hydrogen-bond donors (Lipinski definition) is 1. The first-order valence-electron chi connectivity index (χ1n) is 10.0. The van der Waals surface area contributed by atoms with Gasteiger partial charge < -0.3 is 15.0 Å². The van der Waals surface area contributed by atoms with E-state index in [1.54, 1.807) is 73.7 Å². The maximum atomic E-state index is 14.2. The molecule has 2 amide bonds. The maximum Gasteiger partial charge on any atom is 0.268 e. The predicted molar refractivity (Wildman–Crippen MR) is 123 cm³/mol. The highest BCUT2D eigenvalue weighted by atomic mass is 35.5. The Kier molecular flexibility index (Phi) is 6.23. The minimum atomic E-state index is -0.697. The Balaban J connectivity index is 1.55. The van der Waals surface area contributed by atoms with E-state index < -0.39 is 11.9 Å².